The Hall–Kier alpha value is -1.27. The molecule has 0 unspecified atom stereocenters. The summed E-state index contributed by atoms with van der Waals surface area (Å²) in [5, 5.41) is 10.8. The van der Waals surface area contributed by atoms with Crippen LogP contribution in [0.5, 0.6) is 0 Å². The van der Waals surface area contributed by atoms with Crippen molar-refractivity contribution in [3.05, 3.63) is 18.5 Å². The molecule has 0 saturated heterocycles. The molecule has 0 radical (unpaired) electrons. The first-order valence-corrected chi connectivity index (χ1v) is 12.6. The number of ketones is 1. The van der Waals surface area contributed by atoms with Gasteiger partial charge in [0.05, 0.1) is 18.8 Å². The van der Waals surface area contributed by atoms with Crippen LogP contribution in [0, 0.1) is 46.5 Å². The van der Waals surface area contributed by atoms with E-state index < -0.39 is 11.7 Å². The quantitative estimate of drug-likeness (QED) is 0.716. The number of rotatable bonds is 5. The summed E-state index contributed by atoms with van der Waals surface area (Å²) in [6.07, 6.45) is 11.8. The molecule has 5 rings (SSSR count). The van der Waals surface area contributed by atoms with Crippen molar-refractivity contribution in [2.24, 2.45) is 40.4 Å². The number of Topliss-reactive ketones (excluding diaryl/α,β-unsaturated/α-hetero) is 1. The third-order valence-electron chi connectivity index (χ3n) is 10.4. The van der Waals surface area contributed by atoms with Gasteiger partial charge in [-0.2, -0.15) is 4.39 Å². The van der Waals surface area contributed by atoms with Crippen LogP contribution in [0.15, 0.2) is 12.4 Å². The van der Waals surface area contributed by atoms with Crippen LogP contribution in [0.25, 0.3) is 0 Å². The zero-order chi connectivity index (χ0) is 22.7. The third-order valence-corrected chi connectivity index (χ3v) is 10.4. The first kappa shape index (κ1) is 22.5. The van der Waals surface area contributed by atoms with Gasteiger partial charge in [-0.1, -0.05) is 6.92 Å². The Morgan fingerprint density at radius 3 is 2.72 bits per heavy atom. The lowest BCUT2D eigenvalue weighted by Gasteiger charge is -2.62. The highest BCUT2D eigenvalue weighted by Crippen LogP contribution is 2.68. The first-order chi connectivity index (χ1) is 15.2. The second-order valence-electron chi connectivity index (χ2n) is 12.0. The lowest BCUT2D eigenvalue weighted by molar-refractivity contribution is -0.175. The molecule has 0 aliphatic heterocycles. The normalized spacial score (nSPS) is 45.7. The minimum atomic E-state index is -0.574. The predicted octanol–water partition coefficient (Wildman–Crippen LogP) is 4.63. The van der Waals surface area contributed by atoms with Crippen LogP contribution >= 0.6 is 0 Å². The van der Waals surface area contributed by atoms with Gasteiger partial charge in [0.2, 0.25) is 0 Å². The number of hydrogen-bond acceptors (Lipinski definition) is 4. The molecule has 1 heterocycles. The molecule has 0 bridgehead atoms. The lowest BCUT2D eigenvalue weighted by atomic mass is 9.43. The zero-order valence-corrected chi connectivity index (χ0v) is 19.9. The minimum absolute atomic E-state index is 0.0105. The van der Waals surface area contributed by atoms with E-state index in [9.17, 15) is 14.3 Å². The van der Waals surface area contributed by atoms with Crippen LogP contribution in [0.2, 0.25) is 0 Å². The van der Waals surface area contributed by atoms with E-state index in [1.165, 1.54) is 17.2 Å². The number of fused-ring (bicyclic) bond motifs is 5. The van der Waals surface area contributed by atoms with Crippen molar-refractivity contribution in [1.29, 1.82) is 0 Å². The molecule has 1 aromatic heterocycles. The average molecular weight is 447 g/mol. The van der Waals surface area contributed by atoms with E-state index in [2.05, 4.69) is 11.9 Å². The van der Waals surface area contributed by atoms with Gasteiger partial charge in [-0.3, -0.25) is 4.79 Å². The second-order valence-corrected chi connectivity index (χ2v) is 12.0. The van der Waals surface area contributed by atoms with Gasteiger partial charge in [0, 0.05) is 25.4 Å². The molecule has 32 heavy (non-hydrogen) atoms. The van der Waals surface area contributed by atoms with Crippen molar-refractivity contribution >= 4 is 5.78 Å². The van der Waals surface area contributed by atoms with E-state index >= 15 is 0 Å². The number of aromatic nitrogens is 2. The standard InChI is InChI=1S/C26H39FN2O3/c1-24(31)10-11-26(16-32-3)17(14-24)4-5-18-19-6-7-21(25(19,2)9-8-20(18)26)22(30)15-29-13-12-28-23(29)27/h12-13,17-21,31H,4-11,14-16H2,1-3H3/t17-,18-,19-,20-,21+,24+,25-,26+/m0/s1. The van der Waals surface area contributed by atoms with E-state index in [0.29, 0.717) is 23.7 Å². The third kappa shape index (κ3) is 3.39. The summed E-state index contributed by atoms with van der Waals surface area (Å²) in [5.74, 6) is 2.51. The van der Waals surface area contributed by atoms with Gasteiger partial charge in [0.25, 0.3) is 6.08 Å². The van der Waals surface area contributed by atoms with Gasteiger partial charge in [0.15, 0.2) is 5.78 Å². The summed E-state index contributed by atoms with van der Waals surface area (Å²) in [6, 6.07) is 0. The summed E-state index contributed by atoms with van der Waals surface area (Å²) in [4.78, 5) is 16.9. The van der Waals surface area contributed by atoms with Crippen LogP contribution in [0.1, 0.15) is 71.6 Å². The highest BCUT2D eigenvalue weighted by molar-refractivity contribution is 5.82. The number of imidazole rings is 1. The Morgan fingerprint density at radius 1 is 1.19 bits per heavy atom. The molecule has 4 aliphatic rings. The fourth-order valence-corrected chi connectivity index (χ4v) is 9.02. The maximum Gasteiger partial charge on any atom is 0.289 e. The highest BCUT2D eigenvalue weighted by atomic mass is 19.1. The predicted molar refractivity (Wildman–Crippen MR) is 119 cm³/mol. The smallest absolute Gasteiger partial charge is 0.289 e. The molecule has 178 valence electrons. The van der Waals surface area contributed by atoms with Crippen LogP contribution in [0.4, 0.5) is 4.39 Å². The van der Waals surface area contributed by atoms with Gasteiger partial charge in [0.1, 0.15) is 0 Å². The maximum atomic E-state index is 13.8. The molecule has 4 fully saturated rings. The summed E-state index contributed by atoms with van der Waals surface area (Å²) in [6.45, 7) is 5.23. The summed E-state index contributed by atoms with van der Waals surface area (Å²) in [7, 11) is 1.83. The molecule has 1 aromatic rings. The van der Waals surface area contributed by atoms with Gasteiger partial charge < -0.3 is 14.4 Å². The maximum absolute atomic E-state index is 13.8. The molecule has 0 aromatic carbocycles. The van der Waals surface area contributed by atoms with Crippen molar-refractivity contribution in [2.75, 3.05) is 13.7 Å². The van der Waals surface area contributed by atoms with Crippen LogP contribution in [-0.4, -0.2) is 39.8 Å². The summed E-state index contributed by atoms with van der Waals surface area (Å²) >= 11 is 0. The Kier molecular flexibility index (Phi) is 5.56. The molecular weight excluding hydrogens is 407 g/mol. The van der Waals surface area contributed by atoms with Crippen molar-refractivity contribution in [3.8, 4) is 0 Å². The Labute approximate surface area is 191 Å². The largest absolute Gasteiger partial charge is 0.390 e. The van der Waals surface area contributed by atoms with Crippen LogP contribution < -0.4 is 0 Å². The molecule has 5 nitrogen and oxygen atoms in total. The van der Waals surface area contributed by atoms with E-state index in [4.69, 9.17) is 4.74 Å². The number of aliphatic hydroxyl groups is 1. The van der Waals surface area contributed by atoms with Crippen molar-refractivity contribution in [3.63, 3.8) is 0 Å². The molecule has 0 amide bonds. The number of halogens is 1. The molecular formula is C26H39FN2O3. The van der Waals surface area contributed by atoms with Crippen molar-refractivity contribution in [1.82, 2.24) is 9.55 Å². The minimum Gasteiger partial charge on any atom is -0.390 e. The number of carbonyl (C=O) groups excluding carboxylic acids is 1. The van der Waals surface area contributed by atoms with Gasteiger partial charge >= 0.3 is 0 Å². The average Bonchev–Trinajstić information content (AvgIpc) is 3.30. The SMILES string of the molecule is COC[C@]12CC[C@@](C)(O)C[C@@H]1CC[C@H]1[C@@H]3CC[C@H](C(=O)Cn4ccnc4F)[C@@]3(C)CC[C@@H]12. The molecule has 6 heteroatoms. The number of ether oxygens (including phenoxy) is 1. The Bertz CT molecular complexity index is 869. The monoisotopic (exact) mass is 446 g/mol. The van der Waals surface area contributed by atoms with Gasteiger partial charge in [-0.25, -0.2) is 4.98 Å². The Morgan fingerprint density at radius 2 is 2.00 bits per heavy atom. The first-order valence-electron chi connectivity index (χ1n) is 12.6. The number of hydrogen-bond donors (Lipinski definition) is 1. The molecule has 0 spiro atoms. The topological polar surface area (TPSA) is 64.3 Å². The summed E-state index contributed by atoms with van der Waals surface area (Å²) < 4.78 is 21.0. The summed E-state index contributed by atoms with van der Waals surface area (Å²) in [5.41, 5.74) is -0.370. The molecule has 4 aliphatic carbocycles. The highest BCUT2D eigenvalue weighted by Gasteiger charge is 2.63. The molecule has 4 saturated carbocycles. The van der Waals surface area contributed by atoms with E-state index in [1.807, 2.05) is 14.0 Å². The van der Waals surface area contributed by atoms with Crippen molar-refractivity contribution in [2.45, 2.75) is 83.8 Å². The van der Waals surface area contributed by atoms with Crippen LogP contribution in [-0.2, 0) is 16.1 Å². The van der Waals surface area contributed by atoms with Gasteiger partial charge in [-0.15, -0.1) is 0 Å². The second kappa shape index (κ2) is 7.90. The zero-order valence-electron chi connectivity index (χ0n) is 19.9. The van der Waals surface area contributed by atoms with Crippen molar-refractivity contribution < 1.29 is 19.0 Å². The van der Waals surface area contributed by atoms with E-state index in [-0.39, 0.29) is 29.1 Å². The number of nitrogens with zero attached hydrogens (tertiary/aromatic N) is 2. The van der Waals surface area contributed by atoms with E-state index in [1.54, 1.807) is 6.20 Å². The molecule has 1 N–H and O–H groups in total. The van der Waals surface area contributed by atoms with Gasteiger partial charge in [-0.05, 0) is 99.2 Å². The fraction of sp³-hybridized carbons (Fsp3) is 0.846. The van der Waals surface area contributed by atoms with E-state index in [0.717, 1.165) is 58.0 Å². The number of methoxy groups -OCH3 is 1. The van der Waals surface area contributed by atoms with Crippen LogP contribution in [0.3, 0.4) is 0 Å². The lowest BCUT2D eigenvalue weighted by Crippen LogP contribution is -2.58. The molecule has 8 atom stereocenters. The Balaban J connectivity index is 1.38. The fourth-order valence-electron chi connectivity index (χ4n) is 9.02. The number of carbonyl (C=O) groups is 1.